The molecule has 134 valence electrons. The van der Waals surface area contributed by atoms with E-state index in [1.165, 1.54) is 0 Å². The molecular weight excluding hydrogens is 304 g/mol. The van der Waals surface area contributed by atoms with Crippen LogP contribution in [0.15, 0.2) is 60.8 Å². The van der Waals surface area contributed by atoms with Gasteiger partial charge in [0.15, 0.2) is 0 Å². The van der Waals surface area contributed by atoms with E-state index >= 15 is 0 Å². The zero-order valence-corrected chi connectivity index (χ0v) is 14.5. The highest BCUT2D eigenvalue weighted by Crippen LogP contribution is 2.02. The predicted octanol–water partition coefficient (Wildman–Crippen LogP) is 5.46. The largest absolute Gasteiger partial charge is 0.481 e. The van der Waals surface area contributed by atoms with Gasteiger partial charge in [0.1, 0.15) is 6.10 Å². The number of aliphatic carboxylic acids is 1. The first-order valence-corrected chi connectivity index (χ1v) is 8.51. The molecule has 0 aromatic carbocycles. The molecule has 0 aliphatic rings. The second-order valence-electron chi connectivity index (χ2n) is 5.27. The van der Waals surface area contributed by atoms with Gasteiger partial charge in [-0.25, -0.2) is 4.89 Å². The molecule has 0 rings (SSSR count). The zero-order valence-electron chi connectivity index (χ0n) is 14.5. The Hall–Kier alpha value is -1.91. The van der Waals surface area contributed by atoms with E-state index in [9.17, 15) is 4.79 Å². The van der Waals surface area contributed by atoms with Crippen molar-refractivity contribution < 1.29 is 20.0 Å². The van der Waals surface area contributed by atoms with E-state index < -0.39 is 5.97 Å². The topological polar surface area (TPSA) is 66.8 Å². The average Bonchev–Trinajstić information content (AvgIpc) is 2.57. The van der Waals surface area contributed by atoms with Crippen LogP contribution in [0.25, 0.3) is 0 Å². The second-order valence-corrected chi connectivity index (χ2v) is 5.27. The lowest BCUT2D eigenvalue weighted by Gasteiger charge is -2.03. The molecule has 0 unspecified atom stereocenters. The number of unbranched alkanes of at least 4 members (excludes halogenated alkanes) is 1. The smallest absolute Gasteiger partial charge is 0.303 e. The van der Waals surface area contributed by atoms with Gasteiger partial charge in [-0.3, -0.25) is 10.1 Å². The number of carbonyl (C=O) groups is 1. The first-order chi connectivity index (χ1) is 11.7. The minimum absolute atomic E-state index is 0.232. The summed E-state index contributed by atoms with van der Waals surface area (Å²) in [6.45, 7) is 2.06. The van der Waals surface area contributed by atoms with Crippen molar-refractivity contribution in [3.05, 3.63) is 60.8 Å². The third-order valence-electron chi connectivity index (χ3n) is 3.12. The minimum Gasteiger partial charge on any atom is -0.481 e. The second kappa shape index (κ2) is 17.4. The van der Waals surface area contributed by atoms with Gasteiger partial charge in [0.2, 0.25) is 0 Å². The Morgan fingerprint density at radius 1 is 1.00 bits per heavy atom. The van der Waals surface area contributed by atoms with Gasteiger partial charge in [-0.05, 0) is 38.5 Å². The lowest BCUT2D eigenvalue weighted by atomic mass is 10.2. The summed E-state index contributed by atoms with van der Waals surface area (Å²) in [5, 5.41) is 17.3. The lowest BCUT2D eigenvalue weighted by Crippen LogP contribution is -2.04. The van der Waals surface area contributed by atoms with E-state index in [0.29, 0.717) is 12.8 Å². The zero-order chi connectivity index (χ0) is 17.9. The molecule has 0 bridgehead atoms. The number of hydrogen-bond donors (Lipinski definition) is 2. The van der Waals surface area contributed by atoms with E-state index in [4.69, 9.17) is 10.4 Å². The molecule has 0 aromatic rings. The molecule has 0 amide bonds. The third kappa shape index (κ3) is 16.5. The summed E-state index contributed by atoms with van der Waals surface area (Å²) in [4.78, 5) is 14.7. The monoisotopic (exact) mass is 334 g/mol. The van der Waals surface area contributed by atoms with Crippen molar-refractivity contribution in [1.29, 1.82) is 0 Å². The van der Waals surface area contributed by atoms with Crippen molar-refractivity contribution in [1.82, 2.24) is 0 Å². The summed E-state index contributed by atoms with van der Waals surface area (Å²) in [6, 6.07) is 0. The van der Waals surface area contributed by atoms with Gasteiger partial charge in [-0.15, -0.1) is 0 Å². The predicted molar refractivity (Wildman–Crippen MR) is 98.8 cm³/mol. The molecule has 0 fully saturated rings. The maximum atomic E-state index is 10.3. The van der Waals surface area contributed by atoms with Crippen molar-refractivity contribution in [3.63, 3.8) is 0 Å². The summed E-state index contributed by atoms with van der Waals surface area (Å²) in [7, 11) is 0. The van der Waals surface area contributed by atoms with Crippen LogP contribution >= 0.6 is 0 Å². The standard InChI is InChI=1S/C20H30O4/c1-2-3-13-16-19(24-23)17-14-11-9-7-5-4-6-8-10-12-15-18-20(21)22/h3-5,8-11,13-14,17,19,23H,2,6-7,12,15-16,18H2,1H3,(H,21,22)/b5-4+,10-8+,11-9+,13-3+,17-14+/t19-/m0/s1. The molecule has 24 heavy (non-hydrogen) atoms. The van der Waals surface area contributed by atoms with Crippen LogP contribution in [0, 0.1) is 0 Å². The highest BCUT2D eigenvalue weighted by Gasteiger charge is 1.99. The fourth-order valence-corrected chi connectivity index (χ4v) is 1.83. The molecule has 0 heterocycles. The fraction of sp³-hybridized carbons (Fsp3) is 0.450. The molecule has 0 saturated carbocycles. The van der Waals surface area contributed by atoms with Crippen molar-refractivity contribution in [2.24, 2.45) is 0 Å². The molecule has 4 heteroatoms. The summed E-state index contributed by atoms with van der Waals surface area (Å²) in [5.74, 6) is -0.738. The Labute approximate surface area is 145 Å². The van der Waals surface area contributed by atoms with Crippen LogP contribution in [0.1, 0.15) is 51.9 Å². The summed E-state index contributed by atoms with van der Waals surface area (Å²) >= 11 is 0. The molecule has 0 aliphatic heterocycles. The number of allylic oxidation sites excluding steroid dienone is 8. The van der Waals surface area contributed by atoms with E-state index in [-0.39, 0.29) is 12.5 Å². The highest BCUT2D eigenvalue weighted by molar-refractivity contribution is 5.66. The van der Waals surface area contributed by atoms with Crippen molar-refractivity contribution in [3.8, 4) is 0 Å². The van der Waals surface area contributed by atoms with Crippen LogP contribution < -0.4 is 0 Å². The van der Waals surface area contributed by atoms with Crippen LogP contribution in [0.4, 0.5) is 0 Å². The third-order valence-corrected chi connectivity index (χ3v) is 3.12. The van der Waals surface area contributed by atoms with Crippen LogP contribution in [0.3, 0.4) is 0 Å². The van der Waals surface area contributed by atoms with E-state index in [1.54, 1.807) is 0 Å². The average molecular weight is 334 g/mol. The molecule has 0 aliphatic carbocycles. The fourth-order valence-electron chi connectivity index (χ4n) is 1.83. The Balaban J connectivity index is 3.75. The quantitative estimate of drug-likeness (QED) is 0.145. The maximum absolute atomic E-state index is 10.3. The first-order valence-electron chi connectivity index (χ1n) is 8.51. The molecule has 1 atom stereocenters. The maximum Gasteiger partial charge on any atom is 0.303 e. The van der Waals surface area contributed by atoms with Gasteiger partial charge in [-0.1, -0.05) is 67.7 Å². The molecule has 2 N–H and O–H groups in total. The summed E-state index contributed by atoms with van der Waals surface area (Å²) < 4.78 is 0. The molecular formula is C20H30O4. The number of carboxylic acid groups (broad SMARTS) is 1. The van der Waals surface area contributed by atoms with Crippen molar-refractivity contribution in [2.75, 3.05) is 0 Å². The van der Waals surface area contributed by atoms with Crippen molar-refractivity contribution >= 4 is 5.97 Å². The number of rotatable bonds is 14. The molecule has 0 saturated heterocycles. The van der Waals surface area contributed by atoms with Crippen LogP contribution in [0.5, 0.6) is 0 Å². The first kappa shape index (κ1) is 22.1. The van der Waals surface area contributed by atoms with E-state index in [1.807, 2.05) is 42.5 Å². The van der Waals surface area contributed by atoms with Gasteiger partial charge in [0.25, 0.3) is 0 Å². The SMILES string of the molecule is CC/C=C/C[C@@H](/C=C/C=C/C/C=C/C/C=C/CCCC(=O)O)OO. The summed E-state index contributed by atoms with van der Waals surface area (Å²) in [6.07, 6.45) is 24.7. The Morgan fingerprint density at radius 3 is 2.38 bits per heavy atom. The molecule has 0 spiro atoms. The van der Waals surface area contributed by atoms with Crippen LogP contribution in [-0.2, 0) is 9.68 Å². The van der Waals surface area contributed by atoms with Crippen LogP contribution in [0.2, 0.25) is 0 Å². The van der Waals surface area contributed by atoms with Gasteiger partial charge < -0.3 is 5.11 Å². The van der Waals surface area contributed by atoms with E-state index in [2.05, 4.69) is 30.0 Å². The highest BCUT2D eigenvalue weighted by atomic mass is 17.1. The number of hydrogen-bond acceptors (Lipinski definition) is 3. The van der Waals surface area contributed by atoms with Gasteiger partial charge in [-0.2, -0.15) is 0 Å². The van der Waals surface area contributed by atoms with Gasteiger partial charge in [0.05, 0.1) is 0 Å². The number of carboxylic acids is 1. The van der Waals surface area contributed by atoms with Crippen molar-refractivity contribution in [2.45, 2.75) is 58.0 Å². The van der Waals surface area contributed by atoms with Gasteiger partial charge >= 0.3 is 5.97 Å². The molecule has 4 nitrogen and oxygen atoms in total. The Morgan fingerprint density at radius 2 is 1.71 bits per heavy atom. The van der Waals surface area contributed by atoms with Gasteiger partial charge in [0, 0.05) is 6.42 Å². The van der Waals surface area contributed by atoms with Crippen LogP contribution in [-0.4, -0.2) is 22.4 Å². The molecule has 0 radical (unpaired) electrons. The summed E-state index contributed by atoms with van der Waals surface area (Å²) in [5.41, 5.74) is 0. The van der Waals surface area contributed by atoms with E-state index in [0.717, 1.165) is 25.7 Å². The normalized spacial score (nSPS) is 14.1. The molecule has 0 aromatic heterocycles. The Kier molecular flexibility index (Phi) is 16.1. The Bertz CT molecular complexity index is 445. The minimum atomic E-state index is -0.738. The lowest BCUT2D eigenvalue weighted by molar-refractivity contribution is -0.264.